The second-order valence-electron chi connectivity index (χ2n) is 4.10. The lowest BCUT2D eigenvalue weighted by atomic mass is 10.1. The molecule has 0 saturated carbocycles. The Hall–Kier alpha value is -1.13. The minimum atomic E-state index is -0.362. The van der Waals surface area contributed by atoms with Crippen molar-refractivity contribution in [3.63, 3.8) is 0 Å². The largest absolute Gasteiger partial charge is 0.383 e. The number of rotatable bonds is 6. The highest BCUT2D eigenvalue weighted by Crippen LogP contribution is 2.09. The number of nitrogens with zero attached hydrogens (tertiary/aromatic N) is 1. The van der Waals surface area contributed by atoms with E-state index in [1.54, 1.807) is 32.4 Å². The fourth-order valence-electron chi connectivity index (χ4n) is 1.57. The molecule has 0 spiro atoms. The molecular formula is C13H17ClFNO2. The molecule has 0 saturated heterocycles. The van der Waals surface area contributed by atoms with Gasteiger partial charge in [-0.1, -0.05) is 18.2 Å². The van der Waals surface area contributed by atoms with E-state index in [0.717, 1.165) is 0 Å². The first kappa shape index (κ1) is 14.9. The third-order valence-electron chi connectivity index (χ3n) is 2.54. The molecule has 0 aromatic heterocycles. The van der Waals surface area contributed by atoms with Gasteiger partial charge in [0.05, 0.1) is 18.4 Å². The van der Waals surface area contributed by atoms with Crippen molar-refractivity contribution in [2.24, 2.45) is 0 Å². The number of hydrogen-bond acceptors (Lipinski definition) is 2. The van der Waals surface area contributed by atoms with Gasteiger partial charge in [-0.3, -0.25) is 4.79 Å². The first-order valence-corrected chi connectivity index (χ1v) is 6.08. The van der Waals surface area contributed by atoms with E-state index in [1.807, 2.05) is 0 Å². The van der Waals surface area contributed by atoms with Gasteiger partial charge in [-0.15, -0.1) is 11.6 Å². The van der Waals surface area contributed by atoms with Crippen molar-refractivity contribution in [2.45, 2.75) is 11.8 Å². The van der Waals surface area contributed by atoms with Gasteiger partial charge in [-0.25, -0.2) is 4.39 Å². The van der Waals surface area contributed by atoms with Crippen LogP contribution in [0.1, 0.15) is 5.56 Å². The molecule has 100 valence electrons. The van der Waals surface area contributed by atoms with Gasteiger partial charge >= 0.3 is 0 Å². The van der Waals surface area contributed by atoms with Crippen LogP contribution < -0.4 is 0 Å². The molecule has 0 fully saturated rings. The van der Waals surface area contributed by atoms with Gasteiger partial charge in [0.1, 0.15) is 5.82 Å². The van der Waals surface area contributed by atoms with Crippen molar-refractivity contribution in [1.82, 2.24) is 4.90 Å². The highest BCUT2D eigenvalue weighted by molar-refractivity contribution is 6.21. The summed E-state index contributed by atoms with van der Waals surface area (Å²) in [5, 5.41) is -0.260. The summed E-state index contributed by atoms with van der Waals surface area (Å²) >= 11 is 5.96. The van der Waals surface area contributed by atoms with Crippen LogP contribution in [0.3, 0.4) is 0 Å². The second kappa shape index (κ2) is 7.34. The third-order valence-corrected chi connectivity index (χ3v) is 2.81. The number of alkyl halides is 1. The average molecular weight is 274 g/mol. The molecule has 18 heavy (non-hydrogen) atoms. The molecule has 0 heterocycles. The predicted octanol–water partition coefficient (Wildman–Crippen LogP) is 2.08. The Morgan fingerprint density at radius 1 is 1.50 bits per heavy atom. The quantitative estimate of drug-likeness (QED) is 0.743. The Kier molecular flexibility index (Phi) is 6.09. The third kappa shape index (κ3) is 4.63. The Bertz CT molecular complexity index is 400. The van der Waals surface area contributed by atoms with Crippen molar-refractivity contribution >= 4 is 17.5 Å². The molecule has 1 aromatic carbocycles. The monoisotopic (exact) mass is 273 g/mol. The van der Waals surface area contributed by atoms with Crippen LogP contribution in [0.15, 0.2) is 24.3 Å². The van der Waals surface area contributed by atoms with Gasteiger partial charge in [0, 0.05) is 20.7 Å². The maximum absolute atomic E-state index is 13.4. The van der Waals surface area contributed by atoms with E-state index in [-0.39, 0.29) is 23.5 Å². The van der Waals surface area contributed by atoms with E-state index in [4.69, 9.17) is 16.3 Å². The molecule has 5 heteroatoms. The molecule has 1 amide bonds. The van der Waals surface area contributed by atoms with Gasteiger partial charge in [-0.05, 0) is 11.6 Å². The molecule has 1 atom stereocenters. The standard InChI is InChI=1S/C13H17ClFNO2/c1-16(8-11(14)9-18-2)13(17)7-10-5-3-4-6-12(10)15/h3-6,11H,7-9H2,1-2H3. The van der Waals surface area contributed by atoms with E-state index in [1.165, 1.54) is 11.0 Å². The number of benzene rings is 1. The Morgan fingerprint density at radius 3 is 2.78 bits per heavy atom. The molecule has 0 bridgehead atoms. The van der Waals surface area contributed by atoms with Crippen LogP contribution >= 0.6 is 11.6 Å². The van der Waals surface area contributed by atoms with Crippen molar-refractivity contribution in [1.29, 1.82) is 0 Å². The summed E-state index contributed by atoms with van der Waals surface area (Å²) in [6.07, 6.45) is 0.0414. The van der Waals surface area contributed by atoms with Crippen molar-refractivity contribution in [3.05, 3.63) is 35.6 Å². The van der Waals surface area contributed by atoms with Crippen molar-refractivity contribution in [3.8, 4) is 0 Å². The van der Waals surface area contributed by atoms with Gasteiger partial charge in [0.25, 0.3) is 0 Å². The summed E-state index contributed by atoms with van der Waals surface area (Å²) in [6, 6.07) is 6.26. The highest BCUT2D eigenvalue weighted by atomic mass is 35.5. The zero-order valence-corrected chi connectivity index (χ0v) is 11.3. The van der Waals surface area contributed by atoms with E-state index >= 15 is 0 Å². The van der Waals surface area contributed by atoms with Crippen molar-refractivity contribution < 1.29 is 13.9 Å². The van der Waals surface area contributed by atoms with Crippen LogP contribution in [-0.4, -0.2) is 43.5 Å². The maximum atomic E-state index is 13.4. The number of hydrogen-bond donors (Lipinski definition) is 0. The Labute approximate surface area is 111 Å². The number of amides is 1. The Balaban J connectivity index is 2.52. The van der Waals surface area contributed by atoms with Gasteiger partial charge < -0.3 is 9.64 Å². The van der Waals surface area contributed by atoms with Gasteiger partial charge in [0.2, 0.25) is 5.91 Å². The predicted molar refractivity (Wildman–Crippen MR) is 69.3 cm³/mol. The summed E-state index contributed by atoms with van der Waals surface area (Å²) in [7, 11) is 3.20. The summed E-state index contributed by atoms with van der Waals surface area (Å²) in [5.74, 6) is -0.527. The van der Waals surface area contributed by atoms with Crippen LogP contribution in [0.25, 0.3) is 0 Å². The zero-order valence-electron chi connectivity index (χ0n) is 10.5. The number of carbonyl (C=O) groups excluding carboxylic acids is 1. The van der Waals surface area contributed by atoms with Crippen LogP contribution in [0.4, 0.5) is 4.39 Å². The fourth-order valence-corrected chi connectivity index (χ4v) is 1.91. The van der Waals surface area contributed by atoms with E-state index in [0.29, 0.717) is 18.7 Å². The Morgan fingerprint density at radius 2 is 2.17 bits per heavy atom. The molecule has 0 aliphatic heterocycles. The summed E-state index contributed by atoms with van der Waals surface area (Å²) in [5.41, 5.74) is 0.396. The molecular weight excluding hydrogens is 257 g/mol. The molecule has 0 N–H and O–H groups in total. The number of likely N-dealkylation sites (N-methyl/N-ethyl adjacent to an activating group) is 1. The van der Waals surface area contributed by atoms with Crippen LogP contribution in [-0.2, 0) is 16.0 Å². The van der Waals surface area contributed by atoms with Crippen molar-refractivity contribution in [2.75, 3.05) is 27.3 Å². The normalized spacial score (nSPS) is 12.2. The molecule has 1 unspecified atom stereocenters. The zero-order chi connectivity index (χ0) is 13.5. The lowest BCUT2D eigenvalue weighted by Crippen LogP contribution is -2.35. The lowest BCUT2D eigenvalue weighted by molar-refractivity contribution is -0.129. The summed E-state index contributed by atoms with van der Waals surface area (Å²) < 4.78 is 18.3. The topological polar surface area (TPSA) is 29.5 Å². The maximum Gasteiger partial charge on any atom is 0.226 e. The first-order valence-electron chi connectivity index (χ1n) is 5.65. The molecule has 3 nitrogen and oxygen atoms in total. The SMILES string of the molecule is COCC(Cl)CN(C)C(=O)Cc1ccccc1F. The fraction of sp³-hybridized carbons (Fsp3) is 0.462. The van der Waals surface area contributed by atoms with E-state index in [9.17, 15) is 9.18 Å². The molecule has 0 radical (unpaired) electrons. The van der Waals surface area contributed by atoms with Gasteiger partial charge in [-0.2, -0.15) is 0 Å². The first-order chi connectivity index (χ1) is 8.54. The minimum absolute atomic E-state index is 0.0414. The van der Waals surface area contributed by atoms with Gasteiger partial charge in [0.15, 0.2) is 0 Å². The second-order valence-corrected chi connectivity index (χ2v) is 4.71. The van der Waals surface area contributed by atoms with E-state index in [2.05, 4.69) is 0 Å². The van der Waals surface area contributed by atoms with Crippen LogP contribution in [0.2, 0.25) is 0 Å². The van der Waals surface area contributed by atoms with Crippen LogP contribution in [0, 0.1) is 5.82 Å². The highest BCUT2D eigenvalue weighted by Gasteiger charge is 2.15. The number of ether oxygens (including phenoxy) is 1. The average Bonchev–Trinajstić information content (AvgIpc) is 2.32. The number of carbonyl (C=O) groups is 1. The van der Waals surface area contributed by atoms with E-state index < -0.39 is 0 Å². The number of methoxy groups -OCH3 is 1. The molecule has 1 rings (SSSR count). The minimum Gasteiger partial charge on any atom is -0.383 e. The summed E-state index contributed by atoms with van der Waals surface area (Å²) in [6.45, 7) is 0.752. The molecule has 0 aliphatic carbocycles. The summed E-state index contributed by atoms with van der Waals surface area (Å²) in [4.78, 5) is 13.4. The van der Waals surface area contributed by atoms with Crippen LogP contribution in [0.5, 0.6) is 0 Å². The molecule has 0 aliphatic rings. The lowest BCUT2D eigenvalue weighted by Gasteiger charge is -2.20. The molecule has 1 aromatic rings. The number of halogens is 2. The smallest absolute Gasteiger partial charge is 0.226 e.